The van der Waals surface area contributed by atoms with Crippen LogP contribution >= 0.6 is 23.2 Å². The van der Waals surface area contributed by atoms with Crippen molar-refractivity contribution in [3.05, 3.63) is 82.3 Å². The second kappa shape index (κ2) is 8.95. The van der Waals surface area contributed by atoms with Gasteiger partial charge in [-0.2, -0.15) is 0 Å². The monoisotopic (exact) mass is 451 g/mol. The number of sulfonamides is 1. The molecule has 0 spiro atoms. The van der Waals surface area contributed by atoms with Gasteiger partial charge in [0.15, 0.2) is 0 Å². The Morgan fingerprint density at radius 2 is 1.59 bits per heavy atom. The Hall–Kier alpha value is -2.41. The highest BCUT2D eigenvalue weighted by atomic mass is 35.5. The fraction of sp³-hybridized carbons (Fsp3) is 0.143. The molecule has 0 aromatic heterocycles. The van der Waals surface area contributed by atoms with Crippen molar-refractivity contribution in [2.45, 2.75) is 11.4 Å². The van der Waals surface area contributed by atoms with E-state index >= 15 is 0 Å². The summed E-state index contributed by atoms with van der Waals surface area (Å²) >= 11 is 12.1. The standard InChI is InChI=1S/C21H19Cl2NO4S/c1-27-16-9-11-21(28-2)20(13-16)24(14-15-8-10-18(22)19(23)12-15)29(25,26)17-6-4-3-5-7-17/h3-13H,14H2,1-2H3. The lowest BCUT2D eigenvalue weighted by Gasteiger charge is -2.26. The van der Waals surface area contributed by atoms with Gasteiger partial charge in [0, 0.05) is 6.07 Å². The van der Waals surface area contributed by atoms with E-state index in [-0.39, 0.29) is 11.4 Å². The minimum absolute atomic E-state index is 0.0254. The highest BCUT2D eigenvalue weighted by Crippen LogP contribution is 2.37. The number of benzene rings is 3. The Kier molecular flexibility index (Phi) is 6.57. The minimum atomic E-state index is -3.91. The second-order valence-electron chi connectivity index (χ2n) is 6.11. The van der Waals surface area contributed by atoms with Gasteiger partial charge in [0.1, 0.15) is 11.5 Å². The molecular formula is C21H19Cl2NO4S. The van der Waals surface area contributed by atoms with Crippen LogP contribution in [0.2, 0.25) is 10.0 Å². The Morgan fingerprint density at radius 1 is 0.862 bits per heavy atom. The Labute approximate surface area is 180 Å². The molecule has 0 N–H and O–H groups in total. The fourth-order valence-corrected chi connectivity index (χ4v) is 4.61. The molecule has 0 aliphatic carbocycles. The molecule has 3 aromatic carbocycles. The summed E-state index contributed by atoms with van der Waals surface area (Å²) in [6.45, 7) is 0.0254. The summed E-state index contributed by atoms with van der Waals surface area (Å²) < 4.78 is 39.0. The van der Waals surface area contributed by atoms with Crippen molar-refractivity contribution in [2.75, 3.05) is 18.5 Å². The third-order valence-electron chi connectivity index (χ3n) is 4.30. The molecule has 0 saturated carbocycles. The lowest BCUT2D eigenvalue weighted by Crippen LogP contribution is -2.31. The molecular weight excluding hydrogens is 433 g/mol. The van der Waals surface area contributed by atoms with E-state index in [1.165, 1.54) is 18.5 Å². The summed E-state index contributed by atoms with van der Waals surface area (Å²) in [6, 6.07) is 18.2. The van der Waals surface area contributed by atoms with Crippen LogP contribution in [0.1, 0.15) is 5.56 Å². The summed E-state index contributed by atoms with van der Waals surface area (Å²) in [7, 11) is -0.913. The number of ether oxygens (including phenoxy) is 2. The average molecular weight is 452 g/mol. The van der Waals surface area contributed by atoms with Crippen LogP contribution in [0.3, 0.4) is 0 Å². The van der Waals surface area contributed by atoms with Gasteiger partial charge in [0.25, 0.3) is 10.0 Å². The normalized spacial score (nSPS) is 11.2. The van der Waals surface area contributed by atoms with Crippen molar-refractivity contribution in [2.24, 2.45) is 0 Å². The first-order valence-electron chi connectivity index (χ1n) is 8.60. The van der Waals surface area contributed by atoms with Crippen LogP contribution in [0.4, 0.5) is 5.69 Å². The first-order valence-corrected chi connectivity index (χ1v) is 10.8. The van der Waals surface area contributed by atoms with Crippen molar-refractivity contribution in [3.63, 3.8) is 0 Å². The molecule has 5 nitrogen and oxygen atoms in total. The van der Waals surface area contributed by atoms with Gasteiger partial charge in [-0.15, -0.1) is 0 Å². The lowest BCUT2D eigenvalue weighted by molar-refractivity contribution is 0.403. The summed E-state index contributed by atoms with van der Waals surface area (Å²) in [5.41, 5.74) is 1.02. The van der Waals surface area contributed by atoms with E-state index in [2.05, 4.69) is 0 Å². The summed E-state index contributed by atoms with van der Waals surface area (Å²) in [5, 5.41) is 0.741. The Balaban J connectivity index is 2.18. The van der Waals surface area contributed by atoms with Gasteiger partial charge in [0.05, 0.1) is 41.4 Å². The number of anilines is 1. The van der Waals surface area contributed by atoms with Crippen LogP contribution in [0, 0.1) is 0 Å². The molecule has 0 unspecified atom stereocenters. The highest BCUT2D eigenvalue weighted by Gasteiger charge is 2.28. The van der Waals surface area contributed by atoms with Crippen molar-refractivity contribution in [3.8, 4) is 11.5 Å². The number of rotatable bonds is 7. The van der Waals surface area contributed by atoms with Crippen molar-refractivity contribution in [1.82, 2.24) is 0 Å². The third-order valence-corrected chi connectivity index (χ3v) is 6.81. The lowest BCUT2D eigenvalue weighted by atomic mass is 10.2. The number of nitrogens with zero attached hydrogens (tertiary/aromatic N) is 1. The SMILES string of the molecule is COc1ccc(OC)c(N(Cc2ccc(Cl)c(Cl)c2)S(=O)(=O)c2ccccc2)c1. The predicted molar refractivity (Wildman–Crippen MR) is 116 cm³/mol. The molecule has 152 valence electrons. The van der Waals surface area contributed by atoms with Gasteiger partial charge >= 0.3 is 0 Å². The zero-order valence-electron chi connectivity index (χ0n) is 15.8. The number of methoxy groups -OCH3 is 2. The van der Waals surface area contributed by atoms with E-state index in [0.29, 0.717) is 32.8 Å². The molecule has 0 aliphatic rings. The number of hydrogen-bond donors (Lipinski definition) is 0. The molecule has 0 saturated heterocycles. The molecule has 3 rings (SSSR count). The molecule has 0 radical (unpaired) electrons. The number of halogens is 2. The maximum absolute atomic E-state index is 13.5. The first kappa shape index (κ1) is 21.3. The zero-order chi connectivity index (χ0) is 21.0. The largest absolute Gasteiger partial charge is 0.497 e. The second-order valence-corrected chi connectivity index (χ2v) is 8.79. The van der Waals surface area contributed by atoms with Gasteiger partial charge in [-0.05, 0) is 42.0 Å². The first-order chi connectivity index (χ1) is 13.9. The molecule has 0 atom stereocenters. The van der Waals surface area contributed by atoms with Gasteiger partial charge in [0.2, 0.25) is 0 Å². The predicted octanol–water partition coefficient (Wildman–Crippen LogP) is 5.41. The molecule has 29 heavy (non-hydrogen) atoms. The topological polar surface area (TPSA) is 55.8 Å². The van der Waals surface area contributed by atoms with Gasteiger partial charge in [-0.25, -0.2) is 8.42 Å². The third kappa shape index (κ3) is 4.61. The molecule has 0 fully saturated rings. The zero-order valence-corrected chi connectivity index (χ0v) is 18.1. The number of hydrogen-bond acceptors (Lipinski definition) is 4. The molecule has 3 aromatic rings. The highest BCUT2D eigenvalue weighted by molar-refractivity contribution is 7.92. The van der Waals surface area contributed by atoms with E-state index in [4.69, 9.17) is 32.7 Å². The van der Waals surface area contributed by atoms with Crippen LogP contribution in [0.15, 0.2) is 71.6 Å². The van der Waals surface area contributed by atoms with Crippen LogP contribution in [-0.4, -0.2) is 22.6 Å². The van der Waals surface area contributed by atoms with Gasteiger partial charge in [-0.3, -0.25) is 4.31 Å². The fourth-order valence-electron chi connectivity index (χ4n) is 2.81. The summed E-state index contributed by atoms with van der Waals surface area (Å²) in [6.07, 6.45) is 0. The van der Waals surface area contributed by atoms with Crippen LogP contribution in [0.5, 0.6) is 11.5 Å². The molecule has 8 heteroatoms. The van der Waals surface area contributed by atoms with Crippen LogP contribution < -0.4 is 13.8 Å². The van der Waals surface area contributed by atoms with Crippen LogP contribution in [-0.2, 0) is 16.6 Å². The van der Waals surface area contributed by atoms with Crippen molar-refractivity contribution >= 4 is 38.9 Å². The van der Waals surface area contributed by atoms with E-state index in [1.807, 2.05) is 0 Å². The molecule has 0 amide bonds. The maximum atomic E-state index is 13.5. The van der Waals surface area contributed by atoms with E-state index < -0.39 is 10.0 Å². The van der Waals surface area contributed by atoms with Gasteiger partial charge in [-0.1, -0.05) is 47.5 Å². The van der Waals surface area contributed by atoms with Crippen molar-refractivity contribution < 1.29 is 17.9 Å². The Morgan fingerprint density at radius 3 is 2.21 bits per heavy atom. The van der Waals surface area contributed by atoms with Crippen molar-refractivity contribution in [1.29, 1.82) is 0 Å². The Bertz CT molecular complexity index is 1100. The average Bonchev–Trinajstić information content (AvgIpc) is 2.74. The summed E-state index contributed by atoms with van der Waals surface area (Å²) in [4.78, 5) is 0.157. The van der Waals surface area contributed by atoms with E-state index in [1.54, 1.807) is 66.7 Å². The quantitative estimate of drug-likeness (QED) is 0.481. The van der Waals surface area contributed by atoms with E-state index in [0.717, 1.165) is 0 Å². The summed E-state index contributed by atoms with van der Waals surface area (Å²) in [5.74, 6) is 0.897. The molecule has 0 bridgehead atoms. The molecule has 0 heterocycles. The van der Waals surface area contributed by atoms with E-state index in [9.17, 15) is 8.42 Å². The maximum Gasteiger partial charge on any atom is 0.264 e. The minimum Gasteiger partial charge on any atom is -0.497 e. The van der Waals surface area contributed by atoms with Crippen LogP contribution in [0.25, 0.3) is 0 Å². The molecule has 0 aliphatic heterocycles. The smallest absolute Gasteiger partial charge is 0.264 e. The van der Waals surface area contributed by atoms with Gasteiger partial charge < -0.3 is 9.47 Å².